The van der Waals surface area contributed by atoms with Crippen LogP contribution in [0, 0.1) is 0 Å². The van der Waals surface area contributed by atoms with Crippen LogP contribution in [-0.2, 0) is 4.74 Å². The van der Waals surface area contributed by atoms with E-state index in [-0.39, 0.29) is 35.5 Å². The van der Waals surface area contributed by atoms with Crippen molar-refractivity contribution in [2.45, 2.75) is 0 Å². The zero-order valence-electron chi connectivity index (χ0n) is 6.20. The fraction of sp³-hybridized carbons (Fsp3) is 0.125. The van der Waals surface area contributed by atoms with E-state index in [1.165, 1.54) is 7.11 Å². The number of hydrogen-bond acceptors (Lipinski definition) is 3. The molecule has 4 heteroatoms. The quantitative estimate of drug-likeness (QED) is 0.382. The third-order valence-electron chi connectivity index (χ3n) is 1.33. The maximum atomic E-state index is 10.9. The van der Waals surface area contributed by atoms with Gasteiger partial charge in [0.15, 0.2) is 0 Å². The van der Waals surface area contributed by atoms with Crippen molar-refractivity contribution in [2.24, 2.45) is 0 Å². The molecule has 0 aromatic heterocycles. The van der Waals surface area contributed by atoms with Gasteiger partial charge in [0, 0.05) is 5.69 Å². The molecule has 1 aromatic rings. The van der Waals surface area contributed by atoms with Gasteiger partial charge in [0.25, 0.3) is 0 Å². The van der Waals surface area contributed by atoms with Crippen LogP contribution in [0.25, 0.3) is 0 Å². The van der Waals surface area contributed by atoms with E-state index in [4.69, 9.17) is 5.73 Å². The number of rotatable bonds is 1. The van der Waals surface area contributed by atoms with Crippen LogP contribution in [0.3, 0.4) is 0 Å². The van der Waals surface area contributed by atoms with Gasteiger partial charge in [0.2, 0.25) is 0 Å². The van der Waals surface area contributed by atoms with Crippen LogP contribution in [0.4, 0.5) is 5.69 Å². The molecule has 0 fully saturated rings. The van der Waals surface area contributed by atoms with Crippen LogP contribution in [-0.4, -0.2) is 42.6 Å². The van der Waals surface area contributed by atoms with Crippen LogP contribution in [0.2, 0.25) is 0 Å². The van der Waals surface area contributed by atoms with E-state index >= 15 is 0 Å². The molecule has 0 saturated carbocycles. The van der Waals surface area contributed by atoms with Gasteiger partial charge in [-0.15, -0.1) is 0 Å². The summed E-state index contributed by atoms with van der Waals surface area (Å²) in [5, 5.41) is 0. The molecule has 12 heavy (non-hydrogen) atoms. The number of benzene rings is 1. The Hall–Kier alpha value is -0.510. The van der Waals surface area contributed by atoms with Gasteiger partial charge in [0.1, 0.15) is 0 Å². The Kier molecular flexibility index (Phi) is 4.97. The Balaban J connectivity index is 0.00000121. The number of carbonyl (C=O) groups excluding carboxylic acids is 1. The predicted octanol–water partition coefficient (Wildman–Crippen LogP) is 0.407. The summed E-state index contributed by atoms with van der Waals surface area (Å²) in [5.74, 6) is -0.343. The summed E-state index contributed by atoms with van der Waals surface area (Å²) in [6.07, 6.45) is 0. The molecule has 0 bridgehead atoms. The topological polar surface area (TPSA) is 52.3 Å². The number of nitrogens with two attached hydrogens (primary N) is 1. The second-order valence-electron chi connectivity index (χ2n) is 2.11. The Labute approximate surface area is 93.2 Å². The third-order valence-corrected chi connectivity index (χ3v) is 1.33. The van der Waals surface area contributed by atoms with E-state index in [2.05, 4.69) is 4.74 Å². The molecule has 3 nitrogen and oxygen atoms in total. The molecule has 1 aromatic carbocycles. The van der Waals surface area contributed by atoms with Crippen molar-refractivity contribution in [1.29, 1.82) is 0 Å². The van der Waals surface area contributed by atoms with Crippen molar-refractivity contribution in [1.82, 2.24) is 0 Å². The van der Waals surface area contributed by atoms with Crippen molar-refractivity contribution in [2.75, 3.05) is 12.8 Å². The van der Waals surface area contributed by atoms with Crippen molar-refractivity contribution in [3.63, 3.8) is 0 Å². The molecule has 0 aliphatic carbocycles. The first-order chi connectivity index (χ1) is 5.24. The molecule has 0 saturated heterocycles. The molecule has 0 heterocycles. The minimum atomic E-state index is -0.343. The number of carbonyl (C=O) groups is 1. The van der Waals surface area contributed by atoms with Crippen LogP contribution in [0.5, 0.6) is 0 Å². The molecule has 2 N–H and O–H groups in total. The third kappa shape index (κ3) is 2.85. The van der Waals surface area contributed by atoms with E-state index in [0.717, 1.165) is 0 Å². The molecule has 0 radical (unpaired) electrons. The Morgan fingerprint density at radius 3 is 2.25 bits per heavy atom. The normalized spacial score (nSPS) is 8.42. The number of anilines is 1. The molecular formula is C8H10NNaO2. The van der Waals surface area contributed by atoms with Gasteiger partial charge in [-0.25, -0.2) is 4.79 Å². The number of hydrogen-bond donors (Lipinski definition) is 1. The maximum absolute atomic E-state index is 10.9. The Morgan fingerprint density at radius 1 is 1.33 bits per heavy atom. The van der Waals surface area contributed by atoms with Crippen molar-refractivity contribution in [3.05, 3.63) is 29.8 Å². The number of nitrogen functional groups attached to an aromatic ring is 1. The second kappa shape index (κ2) is 5.19. The zero-order valence-corrected chi connectivity index (χ0v) is 6.20. The monoisotopic (exact) mass is 175 g/mol. The van der Waals surface area contributed by atoms with E-state index in [9.17, 15) is 4.79 Å². The minimum absolute atomic E-state index is 0. The molecule has 0 aliphatic rings. The van der Waals surface area contributed by atoms with Gasteiger partial charge < -0.3 is 10.5 Å². The van der Waals surface area contributed by atoms with Crippen molar-refractivity contribution >= 4 is 41.2 Å². The molecule has 1 rings (SSSR count). The summed E-state index contributed by atoms with van der Waals surface area (Å²) in [6, 6.07) is 6.57. The van der Waals surface area contributed by atoms with E-state index < -0.39 is 0 Å². The molecule has 0 spiro atoms. The van der Waals surface area contributed by atoms with E-state index in [1.54, 1.807) is 24.3 Å². The first-order valence-electron chi connectivity index (χ1n) is 3.18. The summed E-state index contributed by atoms with van der Waals surface area (Å²) >= 11 is 0. The number of methoxy groups -OCH3 is 1. The summed E-state index contributed by atoms with van der Waals surface area (Å²) in [7, 11) is 1.35. The molecule has 0 aliphatic heterocycles. The van der Waals surface area contributed by atoms with Crippen LogP contribution >= 0.6 is 0 Å². The van der Waals surface area contributed by atoms with Gasteiger partial charge in [0.05, 0.1) is 12.7 Å². The first-order valence-corrected chi connectivity index (χ1v) is 3.18. The molecule has 60 valence electrons. The average Bonchev–Trinajstić information content (AvgIpc) is 2.05. The number of ether oxygens (including phenoxy) is 1. The average molecular weight is 175 g/mol. The first kappa shape index (κ1) is 11.5. The Morgan fingerprint density at radius 2 is 1.83 bits per heavy atom. The van der Waals surface area contributed by atoms with Gasteiger partial charge in [-0.1, -0.05) is 0 Å². The fourth-order valence-electron chi connectivity index (χ4n) is 0.737. The summed E-state index contributed by atoms with van der Waals surface area (Å²) in [5.41, 5.74) is 6.57. The SMILES string of the molecule is COC(=O)c1ccc(N)cc1.[NaH]. The fourth-order valence-corrected chi connectivity index (χ4v) is 0.737. The molecule has 0 unspecified atom stereocenters. The van der Waals surface area contributed by atoms with E-state index in [0.29, 0.717) is 11.3 Å². The van der Waals surface area contributed by atoms with Crippen LogP contribution in [0.1, 0.15) is 10.4 Å². The summed E-state index contributed by atoms with van der Waals surface area (Å²) in [6.45, 7) is 0. The van der Waals surface area contributed by atoms with Gasteiger partial charge in [-0.05, 0) is 24.3 Å². The van der Waals surface area contributed by atoms with E-state index in [1.807, 2.05) is 0 Å². The molecule has 0 amide bonds. The van der Waals surface area contributed by atoms with Gasteiger partial charge >= 0.3 is 35.5 Å². The van der Waals surface area contributed by atoms with Crippen molar-refractivity contribution < 1.29 is 9.53 Å². The summed E-state index contributed by atoms with van der Waals surface area (Å²) < 4.78 is 4.50. The van der Waals surface area contributed by atoms with Crippen LogP contribution in [0.15, 0.2) is 24.3 Å². The van der Waals surface area contributed by atoms with Gasteiger partial charge in [-0.3, -0.25) is 0 Å². The molecular weight excluding hydrogens is 165 g/mol. The molecule has 0 atom stereocenters. The summed E-state index contributed by atoms with van der Waals surface area (Å²) in [4.78, 5) is 10.9. The zero-order chi connectivity index (χ0) is 8.27. The van der Waals surface area contributed by atoms with Crippen LogP contribution < -0.4 is 5.73 Å². The number of esters is 1. The van der Waals surface area contributed by atoms with Crippen molar-refractivity contribution in [3.8, 4) is 0 Å². The Bertz CT molecular complexity index is 258. The van der Waals surface area contributed by atoms with Gasteiger partial charge in [-0.2, -0.15) is 0 Å². The predicted molar refractivity (Wildman–Crippen MR) is 49.3 cm³/mol. The standard InChI is InChI=1S/C8H9NO2.Na.H/c1-11-8(10)6-2-4-7(9)5-3-6;;/h2-5H,9H2,1H3;;. The second-order valence-corrected chi connectivity index (χ2v) is 2.11.